The van der Waals surface area contributed by atoms with Crippen LogP contribution >= 0.6 is 12.2 Å². The van der Waals surface area contributed by atoms with Crippen molar-refractivity contribution in [3.8, 4) is 0 Å². The number of aromatic nitrogens is 2. The molecule has 0 aliphatic heterocycles. The predicted molar refractivity (Wildman–Crippen MR) is 104 cm³/mol. The molecule has 140 valence electrons. The van der Waals surface area contributed by atoms with Crippen LogP contribution in [0.15, 0.2) is 60.9 Å². The van der Waals surface area contributed by atoms with Crippen molar-refractivity contribution in [3.63, 3.8) is 0 Å². The molecule has 0 spiro atoms. The number of hydrogen-bond acceptors (Lipinski definition) is 2. The summed E-state index contributed by atoms with van der Waals surface area (Å²) in [5, 5.41) is 10.6. The van der Waals surface area contributed by atoms with E-state index in [-0.39, 0.29) is 6.54 Å². The van der Waals surface area contributed by atoms with Crippen molar-refractivity contribution in [1.82, 2.24) is 9.78 Å². The lowest BCUT2D eigenvalue weighted by Crippen LogP contribution is -2.18. The summed E-state index contributed by atoms with van der Waals surface area (Å²) in [5.74, 6) is 0. The number of aryl methyl sites for hydroxylation is 1. The third kappa shape index (κ3) is 5.30. The number of nitrogens with zero attached hydrogens (tertiary/aromatic N) is 2. The number of nitrogens with one attached hydrogen (secondary N) is 2. The lowest BCUT2D eigenvalue weighted by molar-refractivity contribution is -0.137. The van der Waals surface area contributed by atoms with Crippen LogP contribution in [0.5, 0.6) is 0 Å². The van der Waals surface area contributed by atoms with Gasteiger partial charge >= 0.3 is 6.18 Å². The average molecular weight is 390 g/mol. The molecule has 2 N–H and O–H groups in total. The van der Waals surface area contributed by atoms with Crippen LogP contribution in [0.2, 0.25) is 0 Å². The Morgan fingerprint density at radius 1 is 1.07 bits per heavy atom. The first-order valence-corrected chi connectivity index (χ1v) is 8.54. The van der Waals surface area contributed by atoms with E-state index in [0.717, 1.165) is 23.4 Å². The second kappa shape index (κ2) is 7.79. The zero-order valence-corrected chi connectivity index (χ0v) is 15.2. The minimum Gasteiger partial charge on any atom is -0.332 e. The highest BCUT2D eigenvalue weighted by Crippen LogP contribution is 2.29. The highest BCUT2D eigenvalue weighted by atomic mass is 32.1. The van der Waals surface area contributed by atoms with Gasteiger partial charge in [-0.1, -0.05) is 24.3 Å². The van der Waals surface area contributed by atoms with Crippen molar-refractivity contribution in [1.29, 1.82) is 0 Å². The quantitative estimate of drug-likeness (QED) is 0.611. The van der Waals surface area contributed by atoms with E-state index in [1.54, 1.807) is 23.1 Å². The Hall–Kier alpha value is -2.87. The van der Waals surface area contributed by atoms with Crippen LogP contribution in [0.25, 0.3) is 0 Å². The van der Waals surface area contributed by atoms with Crippen LogP contribution in [-0.4, -0.2) is 14.9 Å². The molecule has 4 nitrogen and oxygen atoms in total. The SMILES string of the molecule is Cc1cccc(NC(=S)Nc2cnn(Cc3cccc(C(F)(F)F)c3)c2)c1. The minimum absolute atomic E-state index is 0.226. The Morgan fingerprint density at radius 2 is 1.81 bits per heavy atom. The topological polar surface area (TPSA) is 41.9 Å². The molecular weight excluding hydrogens is 373 g/mol. The van der Waals surface area contributed by atoms with E-state index in [0.29, 0.717) is 16.4 Å². The number of alkyl halides is 3. The fraction of sp³-hybridized carbons (Fsp3) is 0.158. The molecule has 3 rings (SSSR count). The summed E-state index contributed by atoms with van der Waals surface area (Å²) in [4.78, 5) is 0. The van der Waals surface area contributed by atoms with E-state index in [1.165, 1.54) is 6.07 Å². The molecule has 0 fully saturated rings. The van der Waals surface area contributed by atoms with E-state index in [4.69, 9.17) is 12.2 Å². The Balaban J connectivity index is 1.62. The van der Waals surface area contributed by atoms with Gasteiger partial charge in [0.1, 0.15) is 0 Å². The van der Waals surface area contributed by atoms with Crippen LogP contribution in [0.4, 0.5) is 24.5 Å². The maximum absolute atomic E-state index is 12.8. The first-order valence-electron chi connectivity index (χ1n) is 8.13. The van der Waals surface area contributed by atoms with Crippen molar-refractivity contribution < 1.29 is 13.2 Å². The molecule has 0 unspecified atom stereocenters. The number of hydrogen-bond donors (Lipinski definition) is 2. The van der Waals surface area contributed by atoms with Gasteiger partial charge in [0.15, 0.2) is 5.11 Å². The van der Waals surface area contributed by atoms with E-state index in [9.17, 15) is 13.2 Å². The molecule has 3 aromatic rings. The molecule has 0 saturated carbocycles. The van der Waals surface area contributed by atoms with Gasteiger partial charge in [0.05, 0.1) is 24.0 Å². The van der Waals surface area contributed by atoms with Gasteiger partial charge < -0.3 is 10.6 Å². The largest absolute Gasteiger partial charge is 0.416 e. The number of benzene rings is 2. The van der Waals surface area contributed by atoms with Gasteiger partial charge in [-0.3, -0.25) is 4.68 Å². The van der Waals surface area contributed by atoms with Gasteiger partial charge in [0, 0.05) is 11.9 Å². The highest BCUT2D eigenvalue weighted by molar-refractivity contribution is 7.80. The summed E-state index contributed by atoms with van der Waals surface area (Å²) in [6.45, 7) is 2.21. The average Bonchev–Trinajstić information content (AvgIpc) is 3.01. The van der Waals surface area contributed by atoms with Crippen LogP contribution < -0.4 is 10.6 Å². The van der Waals surface area contributed by atoms with Crippen molar-refractivity contribution >= 4 is 28.7 Å². The molecule has 0 radical (unpaired) electrons. The molecule has 27 heavy (non-hydrogen) atoms. The van der Waals surface area contributed by atoms with Gasteiger partial charge in [-0.2, -0.15) is 18.3 Å². The number of anilines is 2. The van der Waals surface area contributed by atoms with Gasteiger partial charge in [0.25, 0.3) is 0 Å². The molecule has 0 aliphatic rings. The Bertz CT molecular complexity index is 950. The van der Waals surface area contributed by atoms with E-state index in [2.05, 4.69) is 15.7 Å². The Kier molecular flexibility index (Phi) is 5.46. The third-order valence-corrected chi connectivity index (χ3v) is 3.97. The lowest BCUT2D eigenvalue weighted by atomic mass is 10.1. The van der Waals surface area contributed by atoms with Crippen LogP contribution in [0.1, 0.15) is 16.7 Å². The predicted octanol–water partition coefficient (Wildman–Crippen LogP) is 5.07. The fourth-order valence-corrected chi connectivity index (χ4v) is 2.80. The molecule has 0 bridgehead atoms. The van der Waals surface area contributed by atoms with E-state index >= 15 is 0 Å². The van der Waals surface area contributed by atoms with Gasteiger partial charge in [-0.15, -0.1) is 0 Å². The first-order chi connectivity index (χ1) is 12.8. The standard InChI is InChI=1S/C19H17F3N4S/c1-13-4-2-7-16(8-13)24-18(27)25-17-10-23-26(12-17)11-14-5-3-6-15(9-14)19(20,21)22/h2-10,12H,11H2,1H3,(H2,24,25,27). The monoisotopic (exact) mass is 390 g/mol. The van der Waals surface area contributed by atoms with Gasteiger partial charge in [-0.05, 0) is 54.5 Å². The zero-order chi connectivity index (χ0) is 19.4. The third-order valence-electron chi connectivity index (χ3n) is 3.77. The lowest BCUT2D eigenvalue weighted by Gasteiger charge is -2.10. The molecule has 2 aromatic carbocycles. The number of rotatable bonds is 4. The maximum atomic E-state index is 12.8. The van der Waals surface area contributed by atoms with Gasteiger partial charge in [-0.25, -0.2) is 0 Å². The molecular formula is C19H17F3N4S. The molecule has 0 saturated heterocycles. The number of halogens is 3. The first kappa shape index (κ1) is 18.9. The molecule has 1 heterocycles. The maximum Gasteiger partial charge on any atom is 0.416 e. The Labute approximate surface area is 160 Å². The van der Waals surface area contributed by atoms with E-state index < -0.39 is 11.7 Å². The summed E-state index contributed by atoms with van der Waals surface area (Å²) >= 11 is 5.27. The summed E-state index contributed by atoms with van der Waals surface area (Å²) in [6.07, 6.45) is -1.11. The summed E-state index contributed by atoms with van der Waals surface area (Å²) < 4.78 is 40.0. The van der Waals surface area contributed by atoms with Crippen molar-refractivity contribution in [2.24, 2.45) is 0 Å². The zero-order valence-electron chi connectivity index (χ0n) is 14.4. The molecule has 8 heteroatoms. The molecule has 0 atom stereocenters. The molecule has 0 amide bonds. The summed E-state index contributed by atoms with van der Waals surface area (Å²) in [6, 6.07) is 13.0. The summed E-state index contributed by atoms with van der Waals surface area (Å²) in [7, 11) is 0. The minimum atomic E-state index is -4.36. The fourth-order valence-electron chi connectivity index (χ4n) is 2.56. The molecule has 0 aliphatic carbocycles. The second-order valence-corrected chi connectivity index (χ2v) is 6.48. The Morgan fingerprint density at radius 3 is 2.56 bits per heavy atom. The van der Waals surface area contributed by atoms with Crippen LogP contribution in [0, 0.1) is 6.92 Å². The highest BCUT2D eigenvalue weighted by Gasteiger charge is 2.30. The normalized spacial score (nSPS) is 11.3. The van der Waals surface area contributed by atoms with Crippen LogP contribution in [-0.2, 0) is 12.7 Å². The van der Waals surface area contributed by atoms with Crippen molar-refractivity contribution in [2.75, 3.05) is 10.6 Å². The summed E-state index contributed by atoms with van der Waals surface area (Å²) in [5.41, 5.74) is 2.46. The smallest absolute Gasteiger partial charge is 0.332 e. The number of thiocarbonyl (C=S) groups is 1. The van der Waals surface area contributed by atoms with Crippen molar-refractivity contribution in [2.45, 2.75) is 19.6 Å². The van der Waals surface area contributed by atoms with Crippen molar-refractivity contribution in [3.05, 3.63) is 77.6 Å². The molecule has 1 aromatic heterocycles. The second-order valence-electron chi connectivity index (χ2n) is 6.07. The van der Waals surface area contributed by atoms with Gasteiger partial charge in [0.2, 0.25) is 0 Å². The van der Waals surface area contributed by atoms with E-state index in [1.807, 2.05) is 31.2 Å². The van der Waals surface area contributed by atoms with Crippen LogP contribution in [0.3, 0.4) is 0 Å².